The number of amides is 1. The van der Waals surface area contributed by atoms with Crippen LogP contribution in [-0.2, 0) is 17.8 Å². The van der Waals surface area contributed by atoms with Crippen molar-refractivity contribution in [3.05, 3.63) is 76.7 Å². The Kier molecular flexibility index (Phi) is 6.54. The highest BCUT2D eigenvalue weighted by Gasteiger charge is 2.23. The van der Waals surface area contributed by atoms with Crippen LogP contribution in [0.25, 0.3) is 11.4 Å². The van der Waals surface area contributed by atoms with Crippen LogP contribution in [-0.4, -0.2) is 53.6 Å². The van der Waals surface area contributed by atoms with Gasteiger partial charge in [-0.3, -0.25) is 14.2 Å². The number of nitrogens with zero attached hydrogens (tertiary/aromatic N) is 4. The molecule has 0 unspecified atom stereocenters. The molecule has 7 nitrogen and oxygen atoms in total. The summed E-state index contributed by atoms with van der Waals surface area (Å²) in [7, 11) is 1.65. The van der Waals surface area contributed by atoms with E-state index in [9.17, 15) is 9.59 Å². The van der Waals surface area contributed by atoms with Crippen molar-refractivity contribution in [1.82, 2.24) is 14.5 Å². The predicted molar refractivity (Wildman–Crippen MR) is 125 cm³/mol. The zero-order chi connectivity index (χ0) is 22.5. The summed E-state index contributed by atoms with van der Waals surface area (Å²) in [6, 6.07) is 19.0. The third-order valence-corrected chi connectivity index (χ3v) is 5.82. The summed E-state index contributed by atoms with van der Waals surface area (Å²) in [5, 5.41) is 0. The maximum atomic E-state index is 13.1. The first-order valence-electron chi connectivity index (χ1n) is 10.9. The van der Waals surface area contributed by atoms with Gasteiger partial charge in [0, 0.05) is 49.2 Å². The topological polar surface area (TPSA) is 67.7 Å². The molecule has 4 rings (SSSR count). The first-order chi connectivity index (χ1) is 15.6. The molecule has 2 heterocycles. The number of anilines is 1. The van der Waals surface area contributed by atoms with Crippen molar-refractivity contribution in [2.24, 2.45) is 0 Å². The molecule has 1 fully saturated rings. The van der Waals surface area contributed by atoms with Crippen LogP contribution in [0.5, 0.6) is 5.75 Å². The Morgan fingerprint density at radius 3 is 2.31 bits per heavy atom. The van der Waals surface area contributed by atoms with Gasteiger partial charge >= 0.3 is 0 Å². The number of hydrogen-bond donors (Lipinski definition) is 0. The smallest absolute Gasteiger partial charge is 0.254 e. The van der Waals surface area contributed by atoms with Crippen LogP contribution < -0.4 is 15.2 Å². The quantitative estimate of drug-likeness (QED) is 0.599. The van der Waals surface area contributed by atoms with Crippen LogP contribution in [0.4, 0.5) is 5.69 Å². The Labute approximate surface area is 187 Å². The molecule has 0 spiro atoms. The van der Waals surface area contributed by atoms with Crippen molar-refractivity contribution < 1.29 is 9.53 Å². The number of ether oxygens (including phenoxy) is 1. The Morgan fingerprint density at radius 1 is 1.00 bits per heavy atom. The molecule has 1 aromatic heterocycles. The third-order valence-electron chi connectivity index (χ3n) is 5.82. The highest BCUT2D eigenvalue weighted by molar-refractivity contribution is 5.77. The third kappa shape index (κ3) is 4.66. The van der Waals surface area contributed by atoms with Gasteiger partial charge in [0.05, 0.1) is 7.11 Å². The zero-order valence-corrected chi connectivity index (χ0v) is 18.5. The number of piperazine rings is 1. The van der Waals surface area contributed by atoms with E-state index in [-0.39, 0.29) is 18.0 Å². The summed E-state index contributed by atoms with van der Waals surface area (Å²) in [6.45, 7) is 4.66. The second-order valence-electron chi connectivity index (χ2n) is 7.78. The number of carbonyl (C=O) groups excluding carboxylic acids is 1. The van der Waals surface area contributed by atoms with E-state index in [0.29, 0.717) is 25.3 Å². The molecule has 7 heteroatoms. The lowest BCUT2D eigenvalue weighted by atomic mass is 10.2. The Balaban J connectivity index is 1.48. The summed E-state index contributed by atoms with van der Waals surface area (Å²) in [5.74, 6) is 1.30. The van der Waals surface area contributed by atoms with Gasteiger partial charge in [-0.1, -0.05) is 37.3 Å². The van der Waals surface area contributed by atoms with Crippen molar-refractivity contribution in [2.45, 2.75) is 19.9 Å². The maximum Gasteiger partial charge on any atom is 0.254 e. The number of carbonyl (C=O) groups is 1. The number of aromatic nitrogens is 2. The maximum absolute atomic E-state index is 13.1. The molecule has 1 amide bonds. The van der Waals surface area contributed by atoms with Gasteiger partial charge in [-0.05, 0) is 30.7 Å². The summed E-state index contributed by atoms with van der Waals surface area (Å²) in [4.78, 5) is 34.7. The molecule has 166 valence electrons. The molecule has 0 radical (unpaired) electrons. The fourth-order valence-electron chi connectivity index (χ4n) is 3.94. The first-order valence-corrected chi connectivity index (χ1v) is 10.9. The minimum absolute atomic E-state index is 0.0113. The minimum atomic E-state index is -0.194. The number of methoxy groups -OCH3 is 1. The molecular formula is C25H28N4O3. The van der Waals surface area contributed by atoms with Crippen LogP contribution in [0.15, 0.2) is 65.5 Å². The predicted octanol–water partition coefficient (Wildman–Crippen LogP) is 2.83. The SMILES string of the molecule is CCc1cc(=O)n(CC(=O)N2CCN(c3ccc(OC)cc3)CC2)c(-c2ccccc2)n1. The Bertz CT molecular complexity index is 1120. The van der Waals surface area contributed by atoms with Crippen molar-refractivity contribution in [3.63, 3.8) is 0 Å². The van der Waals surface area contributed by atoms with Crippen LogP contribution in [0.2, 0.25) is 0 Å². The van der Waals surface area contributed by atoms with Crippen molar-refractivity contribution in [2.75, 3.05) is 38.2 Å². The highest BCUT2D eigenvalue weighted by Crippen LogP contribution is 2.21. The lowest BCUT2D eigenvalue weighted by Crippen LogP contribution is -2.50. The Morgan fingerprint density at radius 2 is 1.69 bits per heavy atom. The number of benzene rings is 2. The monoisotopic (exact) mass is 432 g/mol. The molecule has 0 aliphatic carbocycles. The summed E-state index contributed by atoms with van der Waals surface area (Å²) in [6.07, 6.45) is 0.664. The van der Waals surface area contributed by atoms with Crippen molar-refractivity contribution in [1.29, 1.82) is 0 Å². The van der Waals surface area contributed by atoms with E-state index in [1.165, 1.54) is 10.6 Å². The van der Waals surface area contributed by atoms with Gasteiger partial charge in [0.1, 0.15) is 18.1 Å². The summed E-state index contributed by atoms with van der Waals surface area (Å²) in [5.41, 5.74) is 2.48. The molecule has 2 aromatic carbocycles. The zero-order valence-electron chi connectivity index (χ0n) is 18.5. The second kappa shape index (κ2) is 9.68. The van der Waals surface area contributed by atoms with E-state index in [4.69, 9.17) is 4.74 Å². The van der Waals surface area contributed by atoms with Gasteiger partial charge in [-0.25, -0.2) is 4.98 Å². The number of hydrogen-bond acceptors (Lipinski definition) is 5. The molecule has 0 saturated carbocycles. The van der Waals surface area contributed by atoms with Crippen LogP contribution in [0, 0.1) is 0 Å². The number of rotatable bonds is 6. The van der Waals surface area contributed by atoms with E-state index < -0.39 is 0 Å². The van der Waals surface area contributed by atoms with E-state index in [0.717, 1.165) is 35.8 Å². The van der Waals surface area contributed by atoms with Gasteiger partial charge in [0.15, 0.2) is 0 Å². The normalized spacial score (nSPS) is 13.8. The van der Waals surface area contributed by atoms with Gasteiger partial charge in [-0.15, -0.1) is 0 Å². The minimum Gasteiger partial charge on any atom is -0.497 e. The summed E-state index contributed by atoms with van der Waals surface area (Å²) >= 11 is 0. The largest absolute Gasteiger partial charge is 0.497 e. The van der Waals surface area contributed by atoms with E-state index >= 15 is 0 Å². The molecule has 0 N–H and O–H groups in total. The number of aryl methyl sites for hydroxylation is 1. The van der Waals surface area contributed by atoms with E-state index in [1.54, 1.807) is 7.11 Å². The van der Waals surface area contributed by atoms with Gasteiger partial charge in [-0.2, -0.15) is 0 Å². The first kappa shape index (κ1) is 21.6. The molecule has 32 heavy (non-hydrogen) atoms. The van der Waals surface area contributed by atoms with E-state index in [2.05, 4.69) is 9.88 Å². The van der Waals surface area contributed by atoms with Gasteiger partial charge in [0.25, 0.3) is 5.56 Å². The van der Waals surface area contributed by atoms with Crippen LogP contribution in [0.1, 0.15) is 12.6 Å². The molecule has 1 aliphatic rings. The van der Waals surface area contributed by atoms with Crippen LogP contribution >= 0.6 is 0 Å². The van der Waals surface area contributed by atoms with Crippen LogP contribution in [0.3, 0.4) is 0 Å². The average molecular weight is 433 g/mol. The summed E-state index contributed by atoms with van der Waals surface area (Å²) < 4.78 is 6.72. The molecule has 0 bridgehead atoms. The van der Waals surface area contributed by atoms with Crippen molar-refractivity contribution >= 4 is 11.6 Å². The average Bonchev–Trinajstić information content (AvgIpc) is 2.85. The standard InChI is InChI=1S/C25H28N4O3/c1-3-20-17-23(30)29(25(26-20)19-7-5-4-6-8-19)18-24(31)28-15-13-27(14-16-28)21-9-11-22(32-2)12-10-21/h4-12,17H,3,13-16,18H2,1-2H3. The molecule has 3 aromatic rings. The fraction of sp³-hybridized carbons (Fsp3) is 0.320. The highest BCUT2D eigenvalue weighted by atomic mass is 16.5. The molecular weight excluding hydrogens is 404 g/mol. The Hall–Kier alpha value is -3.61. The molecule has 0 atom stereocenters. The van der Waals surface area contributed by atoms with E-state index in [1.807, 2.05) is 66.4 Å². The molecule has 1 saturated heterocycles. The molecule has 1 aliphatic heterocycles. The lowest BCUT2D eigenvalue weighted by Gasteiger charge is -2.36. The van der Waals surface area contributed by atoms with Gasteiger partial charge < -0.3 is 14.5 Å². The lowest BCUT2D eigenvalue weighted by molar-refractivity contribution is -0.132. The van der Waals surface area contributed by atoms with Gasteiger partial charge in [0.2, 0.25) is 5.91 Å². The fourth-order valence-corrected chi connectivity index (χ4v) is 3.94. The van der Waals surface area contributed by atoms with Crippen molar-refractivity contribution in [3.8, 4) is 17.1 Å². The second-order valence-corrected chi connectivity index (χ2v) is 7.78.